The maximum Gasteiger partial charge on any atom is 0.255 e. The number of carbonyl (C=O) groups excluding carboxylic acids is 4. The molecule has 0 radical (unpaired) electrons. The predicted octanol–water partition coefficient (Wildman–Crippen LogP) is 11.8. The Bertz CT molecular complexity index is 3540. The summed E-state index contributed by atoms with van der Waals surface area (Å²) in [7, 11) is 3.09. The fourth-order valence-electron chi connectivity index (χ4n) is 10.6. The number of amides is 4. The van der Waals surface area contributed by atoms with Crippen LogP contribution in [0.15, 0.2) is 130 Å². The van der Waals surface area contributed by atoms with Crippen LogP contribution < -0.4 is 41.8 Å². The van der Waals surface area contributed by atoms with Crippen LogP contribution >= 0.6 is 0 Å². The molecule has 7 N–H and O–H groups in total. The minimum Gasteiger partial charge on any atom is -0.494 e. The van der Waals surface area contributed by atoms with Gasteiger partial charge in [0.05, 0.1) is 24.3 Å². The summed E-state index contributed by atoms with van der Waals surface area (Å²) in [4.78, 5) is 54.4. The summed E-state index contributed by atoms with van der Waals surface area (Å²) in [6.07, 6.45) is 4.20. The van der Waals surface area contributed by atoms with Crippen LogP contribution in [0, 0.1) is 35.3 Å². The van der Waals surface area contributed by atoms with E-state index in [0.29, 0.717) is 129 Å². The van der Waals surface area contributed by atoms with Crippen LogP contribution in [0.5, 0.6) is 11.5 Å². The van der Waals surface area contributed by atoms with E-state index in [0.717, 1.165) is 61.9 Å². The van der Waals surface area contributed by atoms with Gasteiger partial charge < -0.3 is 50.6 Å². The smallest absolute Gasteiger partial charge is 0.255 e. The van der Waals surface area contributed by atoms with Crippen LogP contribution in [-0.4, -0.2) is 83.7 Å². The summed E-state index contributed by atoms with van der Waals surface area (Å²) in [6.45, 7) is 10.3. The summed E-state index contributed by atoms with van der Waals surface area (Å²) in [6, 6.07) is 33.6. The Morgan fingerprint density at radius 2 is 1.06 bits per heavy atom. The molecule has 0 bridgehead atoms. The van der Waals surface area contributed by atoms with Gasteiger partial charge in [-0.05, 0) is 207 Å². The Morgan fingerprint density at radius 1 is 0.580 bits per heavy atom. The van der Waals surface area contributed by atoms with Crippen molar-refractivity contribution in [2.45, 2.75) is 52.9 Å². The second kappa shape index (κ2) is 26.3. The molecule has 6 aromatic carbocycles. The van der Waals surface area contributed by atoms with Crippen LogP contribution in [0.2, 0.25) is 0 Å². The lowest BCUT2D eigenvalue weighted by atomic mass is 9.83. The first-order chi connectivity index (χ1) is 39.2. The molecule has 1 aliphatic heterocycles. The fourth-order valence-corrected chi connectivity index (χ4v) is 10.6. The van der Waals surface area contributed by atoms with Crippen molar-refractivity contribution in [1.29, 1.82) is 0 Å². The third-order valence-corrected chi connectivity index (χ3v) is 14.7. The molecule has 1 fully saturated rings. The summed E-state index contributed by atoms with van der Waals surface area (Å²) in [5, 5.41) is 16.4. The highest BCUT2D eigenvalue weighted by Crippen LogP contribution is 2.39. The highest BCUT2D eigenvalue weighted by molar-refractivity contribution is 6.13. The van der Waals surface area contributed by atoms with Crippen LogP contribution in [0.25, 0.3) is 66.8 Å². The number of fused-ring (bicyclic) bond motifs is 2. The second-order valence-electron chi connectivity index (χ2n) is 21.5. The highest BCUT2D eigenvalue weighted by atomic mass is 19.1. The highest BCUT2D eigenvalue weighted by Gasteiger charge is 2.27. The largest absolute Gasteiger partial charge is 0.494 e. The van der Waals surface area contributed by atoms with E-state index in [4.69, 9.17) is 24.0 Å². The number of unbranched alkanes of at least 4 members (excludes halogenated alkanes) is 1. The molecule has 81 heavy (non-hydrogen) atoms. The number of halogens is 2. The summed E-state index contributed by atoms with van der Waals surface area (Å²) < 4.78 is 52.8. The van der Waals surface area contributed by atoms with Crippen molar-refractivity contribution >= 4 is 45.6 Å². The molecule has 3 heterocycles. The Morgan fingerprint density at radius 3 is 1.56 bits per heavy atom. The third-order valence-electron chi connectivity index (χ3n) is 14.7. The van der Waals surface area contributed by atoms with Gasteiger partial charge in [0.15, 0.2) is 0 Å². The molecule has 2 aromatic heterocycles. The van der Waals surface area contributed by atoms with Gasteiger partial charge in [-0.2, -0.15) is 0 Å². The topological polar surface area (TPSA) is 199 Å². The maximum absolute atomic E-state index is 14.0. The lowest BCUT2D eigenvalue weighted by molar-refractivity contribution is 0.0938. The minimum atomic E-state index is -0.403. The van der Waals surface area contributed by atoms with Gasteiger partial charge in [0.2, 0.25) is 0 Å². The van der Waals surface area contributed by atoms with E-state index in [-0.39, 0.29) is 35.5 Å². The minimum absolute atomic E-state index is 0.166. The van der Waals surface area contributed by atoms with Crippen molar-refractivity contribution in [3.63, 3.8) is 0 Å². The van der Waals surface area contributed by atoms with E-state index in [1.807, 2.05) is 62.4 Å². The molecule has 3 atom stereocenters. The molecule has 14 nitrogen and oxygen atoms in total. The van der Waals surface area contributed by atoms with Gasteiger partial charge in [0, 0.05) is 60.2 Å². The van der Waals surface area contributed by atoms with Crippen molar-refractivity contribution in [3.05, 3.63) is 155 Å². The maximum atomic E-state index is 14.0. The van der Waals surface area contributed by atoms with Crippen LogP contribution in [0.1, 0.15) is 94.3 Å². The lowest BCUT2D eigenvalue weighted by Gasteiger charge is -2.31. The molecule has 0 saturated carbocycles. The first-order valence-electron chi connectivity index (χ1n) is 27.8. The van der Waals surface area contributed by atoms with Crippen molar-refractivity contribution in [2.24, 2.45) is 29.4 Å². The normalized spacial score (nSPS) is 14.7. The van der Waals surface area contributed by atoms with E-state index < -0.39 is 11.6 Å². The Kier molecular flexibility index (Phi) is 18.6. The second-order valence-corrected chi connectivity index (χ2v) is 21.5. The first kappa shape index (κ1) is 57.3. The molecule has 0 aliphatic carbocycles. The standard InChI is InChI=1S/C65H70F2N6O8/c1-38(2)34-72-62(74)48-26-47(45-13-19-57-55(33-45)59(65(77)70-5)61(81-57)43-10-16-51(67)17-11-43)29-53(31-48)79-23-20-40-25-41(37-71-36-40)24-39(3)35-73-63(75)49-27-46(28-52(30-49)78-22-7-6-21-68)44-12-18-56-54(32-44)58(64(76)69-4)60(80-56)42-8-14-50(66)15-9-42/h8-19,26-33,38-41,71H,6-7,20-25,34-37,68H2,1-5H3,(H,69,76)(H,70,77)(H,72,74)(H,73,75). The predicted molar refractivity (Wildman–Crippen MR) is 313 cm³/mol. The number of rotatable bonds is 23. The van der Waals surface area contributed by atoms with Crippen molar-refractivity contribution in [3.8, 4) is 56.4 Å². The van der Waals surface area contributed by atoms with E-state index in [1.54, 1.807) is 62.6 Å². The number of ether oxygens (including phenoxy) is 2. The zero-order chi connectivity index (χ0) is 57.2. The summed E-state index contributed by atoms with van der Waals surface area (Å²) in [5.41, 5.74) is 12.3. The number of nitrogens with one attached hydrogen (secondary N) is 5. The van der Waals surface area contributed by atoms with Crippen molar-refractivity contribution < 1.29 is 46.3 Å². The molecule has 4 amide bonds. The number of hydrogen-bond donors (Lipinski definition) is 6. The molecular formula is C65H70F2N6O8. The molecule has 16 heteroatoms. The van der Waals surface area contributed by atoms with E-state index >= 15 is 0 Å². The van der Waals surface area contributed by atoms with E-state index in [9.17, 15) is 28.0 Å². The quantitative estimate of drug-likeness (QED) is 0.0335. The van der Waals surface area contributed by atoms with Crippen molar-refractivity contribution in [2.75, 3.05) is 60.0 Å². The van der Waals surface area contributed by atoms with Gasteiger partial charge in [-0.3, -0.25) is 19.2 Å². The Balaban J connectivity index is 0.857. The number of carbonyl (C=O) groups is 4. The Hall–Kier alpha value is -8.34. The van der Waals surface area contributed by atoms with Gasteiger partial charge in [-0.25, -0.2) is 8.78 Å². The average Bonchev–Trinajstić information content (AvgIpc) is 4.22. The number of benzene rings is 6. The summed E-state index contributed by atoms with van der Waals surface area (Å²) >= 11 is 0. The van der Waals surface area contributed by atoms with Crippen LogP contribution in [0.3, 0.4) is 0 Å². The zero-order valence-electron chi connectivity index (χ0n) is 46.4. The molecule has 0 spiro atoms. The molecular weight excluding hydrogens is 1030 g/mol. The average molecular weight is 1100 g/mol. The molecule has 3 unspecified atom stereocenters. The Labute approximate surface area is 470 Å². The lowest BCUT2D eigenvalue weighted by Crippen LogP contribution is -2.38. The number of nitrogens with two attached hydrogens (primary N) is 1. The number of furan rings is 2. The zero-order valence-corrected chi connectivity index (χ0v) is 46.4. The molecule has 8 aromatic rings. The van der Waals surface area contributed by atoms with Gasteiger partial charge in [-0.15, -0.1) is 0 Å². The van der Waals surface area contributed by atoms with Gasteiger partial charge in [0.1, 0.15) is 45.8 Å². The van der Waals surface area contributed by atoms with E-state index in [2.05, 4.69) is 33.5 Å². The van der Waals surface area contributed by atoms with Gasteiger partial charge in [0.25, 0.3) is 23.6 Å². The van der Waals surface area contributed by atoms with Gasteiger partial charge in [-0.1, -0.05) is 32.9 Å². The first-order valence-corrected chi connectivity index (χ1v) is 27.8. The third kappa shape index (κ3) is 14.0. The van der Waals surface area contributed by atoms with Crippen molar-refractivity contribution in [1.82, 2.24) is 26.6 Å². The SMILES string of the molecule is CNC(=O)c1c(-c2ccc(F)cc2)oc2ccc(-c3cc(OCCC4CNCC(CC(C)CNC(=O)c5cc(OCCCCN)cc(-c6ccc7oc(-c8ccc(F)cc8)c(C(=O)NC)c7c6)c5)C4)cc(C(=O)NCC(C)C)c3)cc12. The fraction of sp³-hybridized carbons (Fsp3) is 0.323. The van der Waals surface area contributed by atoms with Crippen LogP contribution in [-0.2, 0) is 0 Å². The van der Waals surface area contributed by atoms with Crippen LogP contribution in [0.4, 0.5) is 8.78 Å². The molecule has 422 valence electrons. The number of hydrogen-bond acceptors (Lipinski definition) is 10. The number of piperidine rings is 1. The van der Waals surface area contributed by atoms with Gasteiger partial charge >= 0.3 is 0 Å². The molecule has 1 aliphatic rings. The molecule has 9 rings (SSSR count). The molecule has 1 saturated heterocycles. The monoisotopic (exact) mass is 1100 g/mol. The summed E-state index contributed by atoms with van der Waals surface area (Å²) in [5.74, 6) is 0.854. The van der Waals surface area contributed by atoms with E-state index in [1.165, 1.54) is 24.3 Å².